The average Bonchev–Trinajstić information content (AvgIpc) is 2.52. The molecule has 0 saturated heterocycles. The Hall–Kier alpha value is -1.66. The Kier molecular flexibility index (Phi) is 4.92. The first-order valence-corrected chi connectivity index (χ1v) is 7.96. The van der Waals surface area contributed by atoms with Crippen molar-refractivity contribution in [2.75, 3.05) is 21.3 Å². The predicted molar refractivity (Wildman–Crippen MR) is 79.4 cm³/mol. The number of rotatable bonds is 6. The lowest BCUT2D eigenvalue weighted by Gasteiger charge is -2.26. The van der Waals surface area contributed by atoms with E-state index in [1.165, 1.54) is 0 Å². The van der Waals surface area contributed by atoms with Gasteiger partial charge in [0.25, 0.3) is 0 Å². The van der Waals surface area contributed by atoms with E-state index in [4.69, 9.17) is 18.0 Å². The monoisotopic (exact) mass is 290 g/mol. The van der Waals surface area contributed by atoms with Crippen molar-refractivity contribution in [1.82, 2.24) is 0 Å². The molecule has 0 aliphatic carbocycles. The minimum Gasteiger partial charge on any atom is -0.457 e. The molecule has 0 fully saturated rings. The van der Waals surface area contributed by atoms with E-state index >= 15 is 0 Å². The van der Waals surface area contributed by atoms with E-state index in [1.807, 2.05) is 54.6 Å². The number of ether oxygens (including phenoxy) is 1. The van der Waals surface area contributed by atoms with E-state index in [2.05, 4.69) is 0 Å². The van der Waals surface area contributed by atoms with E-state index in [0.29, 0.717) is 5.75 Å². The topological polar surface area (TPSA) is 36.9 Å². The van der Waals surface area contributed by atoms with Crippen molar-refractivity contribution in [2.45, 2.75) is 0 Å². The van der Waals surface area contributed by atoms with Crippen LogP contribution in [0.1, 0.15) is 0 Å². The second-order valence-corrected chi connectivity index (χ2v) is 6.96. The molecule has 0 amide bonds. The molecule has 0 heterocycles. The molecule has 0 spiro atoms. The largest absolute Gasteiger partial charge is 0.540 e. The molecule has 20 heavy (non-hydrogen) atoms. The van der Waals surface area contributed by atoms with Crippen LogP contribution in [0.15, 0.2) is 54.6 Å². The highest BCUT2D eigenvalue weighted by Crippen LogP contribution is 2.22. The van der Waals surface area contributed by atoms with Gasteiger partial charge in [0.15, 0.2) is 0 Å². The zero-order chi connectivity index (χ0) is 14.4. The standard InChI is InChI=1S/C15H18O4Si/c1-16-20(17-2,18-3)15-12-8-7-11-14(15)19-13-9-5-4-6-10-13/h4-12H,1-3H3. The Bertz CT molecular complexity index is 532. The second kappa shape index (κ2) is 6.67. The predicted octanol–water partition coefficient (Wildman–Crippen LogP) is 2.56. The van der Waals surface area contributed by atoms with Crippen molar-refractivity contribution in [3.8, 4) is 11.5 Å². The van der Waals surface area contributed by atoms with Crippen LogP contribution >= 0.6 is 0 Å². The van der Waals surface area contributed by atoms with Gasteiger partial charge in [-0.05, 0) is 18.2 Å². The van der Waals surface area contributed by atoms with E-state index in [9.17, 15) is 0 Å². The van der Waals surface area contributed by atoms with Crippen LogP contribution < -0.4 is 9.92 Å². The molecular formula is C15H18O4Si. The summed E-state index contributed by atoms with van der Waals surface area (Å²) in [6.45, 7) is 0. The molecule has 0 radical (unpaired) electrons. The Morgan fingerprint density at radius 2 is 1.25 bits per heavy atom. The Morgan fingerprint density at radius 3 is 1.85 bits per heavy atom. The van der Waals surface area contributed by atoms with Gasteiger partial charge in [-0.1, -0.05) is 36.4 Å². The fraction of sp³-hybridized carbons (Fsp3) is 0.200. The molecule has 0 aromatic heterocycles. The van der Waals surface area contributed by atoms with Crippen LogP contribution in [0.5, 0.6) is 11.5 Å². The molecule has 0 bridgehead atoms. The third-order valence-corrected chi connectivity index (χ3v) is 5.68. The Labute approximate surface area is 120 Å². The zero-order valence-electron chi connectivity index (χ0n) is 11.8. The fourth-order valence-corrected chi connectivity index (χ4v) is 3.90. The van der Waals surface area contributed by atoms with Gasteiger partial charge in [-0.25, -0.2) is 0 Å². The van der Waals surface area contributed by atoms with Gasteiger partial charge in [0, 0.05) is 21.3 Å². The molecule has 2 rings (SSSR count). The van der Waals surface area contributed by atoms with Crippen LogP contribution in [0.2, 0.25) is 0 Å². The van der Waals surface area contributed by atoms with E-state index in [0.717, 1.165) is 10.9 Å². The summed E-state index contributed by atoms with van der Waals surface area (Å²) in [6, 6.07) is 17.2. The van der Waals surface area contributed by atoms with Gasteiger partial charge < -0.3 is 18.0 Å². The van der Waals surface area contributed by atoms with Crippen molar-refractivity contribution in [2.24, 2.45) is 0 Å². The highest BCUT2D eigenvalue weighted by molar-refractivity contribution is 6.76. The highest BCUT2D eigenvalue weighted by Gasteiger charge is 2.43. The smallest absolute Gasteiger partial charge is 0.457 e. The first-order chi connectivity index (χ1) is 9.75. The van der Waals surface area contributed by atoms with Crippen molar-refractivity contribution in [3.63, 3.8) is 0 Å². The van der Waals surface area contributed by atoms with Crippen LogP contribution in [0.4, 0.5) is 0 Å². The first kappa shape index (κ1) is 14.7. The summed E-state index contributed by atoms with van der Waals surface area (Å²) in [5, 5.41) is 0.802. The summed E-state index contributed by atoms with van der Waals surface area (Å²) >= 11 is 0. The van der Waals surface area contributed by atoms with Gasteiger partial charge in [0.1, 0.15) is 11.5 Å². The summed E-state index contributed by atoms with van der Waals surface area (Å²) in [5.74, 6) is 1.43. The fourth-order valence-electron chi connectivity index (χ4n) is 2.00. The minimum atomic E-state index is -2.92. The van der Waals surface area contributed by atoms with E-state index in [1.54, 1.807) is 21.3 Å². The average molecular weight is 290 g/mol. The SMILES string of the molecule is CO[Si](OC)(OC)c1ccccc1Oc1ccccc1. The van der Waals surface area contributed by atoms with Gasteiger partial charge >= 0.3 is 8.80 Å². The number of hydrogen-bond donors (Lipinski definition) is 0. The van der Waals surface area contributed by atoms with Gasteiger partial charge in [-0.3, -0.25) is 0 Å². The molecule has 0 N–H and O–H groups in total. The van der Waals surface area contributed by atoms with Crippen LogP contribution in [0.25, 0.3) is 0 Å². The van der Waals surface area contributed by atoms with Crippen molar-refractivity contribution in [3.05, 3.63) is 54.6 Å². The lowest BCUT2D eigenvalue weighted by molar-refractivity contribution is 0.140. The Morgan fingerprint density at radius 1 is 0.700 bits per heavy atom. The lowest BCUT2D eigenvalue weighted by atomic mass is 10.3. The summed E-state index contributed by atoms with van der Waals surface area (Å²) in [4.78, 5) is 0. The van der Waals surface area contributed by atoms with Crippen LogP contribution in [-0.4, -0.2) is 30.1 Å². The van der Waals surface area contributed by atoms with Gasteiger partial charge in [-0.2, -0.15) is 0 Å². The number of hydrogen-bond acceptors (Lipinski definition) is 4. The lowest BCUT2D eigenvalue weighted by Crippen LogP contribution is -2.54. The molecule has 0 aliphatic heterocycles. The van der Waals surface area contributed by atoms with Gasteiger partial charge in [0.2, 0.25) is 0 Å². The maximum absolute atomic E-state index is 5.92. The maximum Gasteiger partial charge on any atom is 0.540 e. The van der Waals surface area contributed by atoms with Crippen LogP contribution in [0.3, 0.4) is 0 Å². The number of benzene rings is 2. The highest BCUT2D eigenvalue weighted by atomic mass is 28.4. The molecule has 2 aromatic rings. The summed E-state index contributed by atoms with van der Waals surface area (Å²) in [7, 11) is 1.83. The van der Waals surface area contributed by atoms with Crippen molar-refractivity contribution < 1.29 is 18.0 Å². The maximum atomic E-state index is 5.92. The zero-order valence-corrected chi connectivity index (χ0v) is 12.8. The van der Waals surface area contributed by atoms with Crippen molar-refractivity contribution >= 4 is 14.0 Å². The summed E-state index contributed by atoms with van der Waals surface area (Å²) < 4.78 is 22.5. The number of para-hydroxylation sites is 2. The van der Waals surface area contributed by atoms with Gasteiger partial charge in [0.05, 0.1) is 5.19 Å². The van der Waals surface area contributed by atoms with Gasteiger partial charge in [-0.15, -0.1) is 0 Å². The van der Waals surface area contributed by atoms with E-state index < -0.39 is 8.80 Å². The van der Waals surface area contributed by atoms with Crippen LogP contribution in [0, 0.1) is 0 Å². The molecule has 106 valence electrons. The Balaban J connectivity index is 2.40. The molecule has 4 nitrogen and oxygen atoms in total. The quantitative estimate of drug-likeness (QED) is 0.766. The summed E-state index contributed by atoms with van der Waals surface area (Å²) in [6.07, 6.45) is 0. The molecule has 0 unspecified atom stereocenters. The summed E-state index contributed by atoms with van der Waals surface area (Å²) in [5.41, 5.74) is 0. The third-order valence-electron chi connectivity index (χ3n) is 2.99. The molecule has 0 aliphatic rings. The van der Waals surface area contributed by atoms with Crippen LogP contribution in [-0.2, 0) is 13.3 Å². The second-order valence-electron chi connectivity index (χ2n) is 4.08. The van der Waals surface area contributed by atoms with E-state index in [-0.39, 0.29) is 0 Å². The normalized spacial score (nSPS) is 11.3. The molecule has 5 heteroatoms. The molecular weight excluding hydrogens is 272 g/mol. The van der Waals surface area contributed by atoms with Crippen molar-refractivity contribution in [1.29, 1.82) is 0 Å². The minimum absolute atomic E-state index is 0.677. The molecule has 0 saturated carbocycles. The molecule has 2 aromatic carbocycles. The first-order valence-electron chi connectivity index (χ1n) is 6.23. The molecule has 0 atom stereocenters. The third kappa shape index (κ3) is 2.91.